The predicted octanol–water partition coefficient (Wildman–Crippen LogP) is 2.57. The van der Waals surface area contributed by atoms with Gasteiger partial charge in [-0.3, -0.25) is 14.4 Å². The molecule has 11 nitrogen and oxygen atoms in total. The molecular weight excluding hydrogens is 550 g/mol. The normalized spacial score (nSPS) is 18.2. The molecule has 0 aromatic heterocycles. The molecule has 0 saturated carbocycles. The molecule has 43 heavy (non-hydrogen) atoms. The highest BCUT2D eigenvalue weighted by Gasteiger charge is 2.45. The van der Waals surface area contributed by atoms with Gasteiger partial charge in [-0.05, 0) is 87.4 Å². The van der Waals surface area contributed by atoms with E-state index in [0.29, 0.717) is 56.6 Å². The second-order valence-electron chi connectivity index (χ2n) is 12.1. The predicted molar refractivity (Wildman–Crippen MR) is 161 cm³/mol. The van der Waals surface area contributed by atoms with Crippen molar-refractivity contribution in [3.63, 3.8) is 0 Å². The number of carbonyl (C=O) groups is 4. The summed E-state index contributed by atoms with van der Waals surface area (Å²) in [6.07, 6.45) is 2.69. The van der Waals surface area contributed by atoms with E-state index in [-0.39, 0.29) is 29.9 Å². The summed E-state index contributed by atoms with van der Waals surface area (Å²) in [5.41, 5.74) is 1.90. The molecule has 1 aliphatic heterocycles. The van der Waals surface area contributed by atoms with Crippen LogP contribution in [0.2, 0.25) is 0 Å². The van der Waals surface area contributed by atoms with Crippen molar-refractivity contribution < 1.29 is 29.0 Å². The number of alkyl carbamates (subject to hydrolysis) is 1. The van der Waals surface area contributed by atoms with E-state index >= 15 is 0 Å². The maximum Gasteiger partial charge on any atom is 0.407 e. The lowest BCUT2D eigenvalue weighted by molar-refractivity contribution is -0.124. The van der Waals surface area contributed by atoms with E-state index in [0.717, 1.165) is 16.7 Å². The summed E-state index contributed by atoms with van der Waals surface area (Å²) < 4.78 is 5.21. The van der Waals surface area contributed by atoms with E-state index in [1.54, 1.807) is 39.0 Å². The number of rotatable bonds is 10. The number of hydrogen-bond donors (Lipinski definition) is 6. The number of phenolic OH excluding ortho intramolecular Hbond substituents is 1. The van der Waals surface area contributed by atoms with Crippen molar-refractivity contribution in [3.05, 3.63) is 77.1 Å². The summed E-state index contributed by atoms with van der Waals surface area (Å²) in [5.74, 6) is -0.194. The Morgan fingerprint density at radius 2 is 1.74 bits per heavy atom. The van der Waals surface area contributed by atoms with Crippen molar-refractivity contribution in [1.29, 1.82) is 0 Å². The molecule has 4 amide bonds. The Bertz CT molecular complexity index is 1380. The van der Waals surface area contributed by atoms with Gasteiger partial charge in [0, 0.05) is 31.5 Å². The van der Waals surface area contributed by atoms with Crippen LogP contribution in [-0.2, 0) is 33.6 Å². The number of aromatic hydroxyl groups is 1. The third-order valence-corrected chi connectivity index (χ3v) is 7.44. The second kappa shape index (κ2) is 13.2. The average Bonchev–Trinajstić information content (AvgIpc) is 3.21. The van der Waals surface area contributed by atoms with Crippen molar-refractivity contribution in [2.45, 2.75) is 76.5 Å². The first kappa shape index (κ1) is 31.4. The monoisotopic (exact) mass is 591 g/mol. The summed E-state index contributed by atoms with van der Waals surface area (Å²) in [6, 6.07) is 11.0. The maximum atomic E-state index is 13.3. The van der Waals surface area contributed by atoms with E-state index in [1.165, 1.54) is 12.1 Å². The number of amides is 4. The van der Waals surface area contributed by atoms with Gasteiger partial charge in [0.05, 0.1) is 5.82 Å². The zero-order valence-corrected chi connectivity index (χ0v) is 25.0. The van der Waals surface area contributed by atoms with Gasteiger partial charge in [0.15, 0.2) is 0 Å². The molecule has 0 radical (unpaired) electrons. The molecule has 2 atom stereocenters. The van der Waals surface area contributed by atoms with Crippen LogP contribution in [0.3, 0.4) is 0 Å². The Morgan fingerprint density at radius 3 is 2.40 bits per heavy atom. The Labute approximate surface area is 251 Å². The number of carbonyl (C=O) groups excluding carboxylic acids is 4. The Hall–Kier alpha value is -4.54. The first-order chi connectivity index (χ1) is 20.3. The summed E-state index contributed by atoms with van der Waals surface area (Å²) in [6.45, 7) is 9.97. The minimum atomic E-state index is -0.853. The van der Waals surface area contributed by atoms with Gasteiger partial charge < -0.3 is 36.4 Å². The number of phenols is 1. The maximum absolute atomic E-state index is 13.3. The smallest absolute Gasteiger partial charge is 0.407 e. The number of aryl methyl sites for hydroxylation is 1. The van der Waals surface area contributed by atoms with Crippen molar-refractivity contribution in [2.75, 3.05) is 13.1 Å². The number of unbranched alkanes of at least 4 members (excludes halogenated alkanes) is 1. The highest BCUT2D eigenvalue weighted by atomic mass is 16.6. The van der Waals surface area contributed by atoms with Crippen molar-refractivity contribution in [3.8, 4) is 5.75 Å². The van der Waals surface area contributed by atoms with Gasteiger partial charge in [0.25, 0.3) is 11.8 Å². The molecule has 11 heteroatoms. The SMILES string of the molecule is C=C1NC(=O)C2(CCc3cc(C(=O)N[C@H](Cc4ccc(O)cc4)C(=O)NCCCCNC(=O)OC(C)(C)C)ccc3C2)N1. The van der Waals surface area contributed by atoms with E-state index in [1.807, 2.05) is 12.1 Å². The fourth-order valence-corrected chi connectivity index (χ4v) is 5.28. The highest BCUT2D eigenvalue weighted by molar-refractivity contribution is 5.98. The van der Waals surface area contributed by atoms with Crippen LogP contribution in [-0.4, -0.2) is 59.2 Å². The van der Waals surface area contributed by atoms with Crippen LogP contribution in [0.1, 0.15) is 67.1 Å². The zero-order valence-electron chi connectivity index (χ0n) is 25.0. The molecule has 4 rings (SSSR count). The van der Waals surface area contributed by atoms with Gasteiger partial charge in [0.2, 0.25) is 5.91 Å². The fourth-order valence-electron chi connectivity index (χ4n) is 5.28. The van der Waals surface area contributed by atoms with Crippen LogP contribution in [0.25, 0.3) is 0 Å². The van der Waals surface area contributed by atoms with Gasteiger partial charge in [-0.15, -0.1) is 0 Å². The lowest BCUT2D eigenvalue weighted by Gasteiger charge is -2.32. The van der Waals surface area contributed by atoms with Crippen LogP contribution in [0.5, 0.6) is 5.75 Å². The van der Waals surface area contributed by atoms with E-state index in [4.69, 9.17) is 4.74 Å². The Morgan fingerprint density at radius 1 is 1.05 bits per heavy atom. The van der Waals surface area contributed by atoms with E-state index < -0.39 is 23.3 Å². The topological polar surface area (TPSA) is 158 Å². The third-order valence-electron chi connectivity index (χ3n) is 7.44. The first-order valence-corrected chi connectivity index (χ1v) is 14.6. The second-order valence-corrected chi connectivity index (χ2v) is 12.1. The largest absolute Gasteiger partial charge is 0.508 e. The molecule has 1 fully saturated rings. The van der Waals surface area contributed by atoms with Gasteiger partial charge >= 0.3 is 6.09 Å². The average molecular weight is 592 g/mol. The molecule has 2 aromatic carbocycles. The quantitative estimate of drug-likeness (QED) is 0.232. The summed E-state index contributed by atoms with van der Waals surface area (Å²) in [5, 5.41) is 24.0. The molecule has 1 heterocycles. The Kier molecular flexibility index (Phi) is 9.63. The molecule has 6 N–H and O–H groups in total. The van der Waals surface area contributed by atoms with Crippen LogP contribution in [0, 0.1) is 0 Å². The number of nitrogens with one attached hydrogen (secondary N) is 5. The summed E-state index contributed by atoms with van der Waals surface area (Å²) in [4.78, 5) is 50.8. The van der Waals surface area contributed by atoms with E-state index in [2.05, 4.69) is 33.2 Å². The Balaban J connectivity index is 1.35. The highest BCUT2D eigenvalue weighted by Crippen LogP contribution is 2.32. The van der Waals surface area contributed by atoms with Gasteiger partial charge in [-0.2, -0.15) is 0 Å². The molecule has 0 bridgehead atoms. The van der Waals surface area contributed by atoms with Crippen molar-refractivity contribution in [1.82, 2.24) is 26.6 Å². The van der Waals surface area contributed by atoms with Crippen LogP contribution < -0.4 is 26.6 Å². The zero-order chi connectivity index (χ0) is 31.2. The number of fused-ring (bicyclic) bond motifs is 1. The van der Waals surface area contributed by atoms with Gasteiger partial charge in [-0.25, -0.2) is 4.79 Å². The summed E-state index contributed by atoms with van der Waals surface area (Å²) >= 11 is 0. The minimum Gasteiger partial charge on any atom is -0.508 e. The molecule has 2 aromatic rings. The standard InChI is InChI=1S/C32H41N5O6/c1-20-35-29(41)32(37-20)14-13-22-18-23(9-10-24(22)19-32)27(39)36-26(17-21-7-11-25(38)12-8-21)28(40)33-15-5-6-16-34-30(42)43-31(2,3)4/h7-12,18,26,37-38H,1,5-6,13-17,19H2,2-4H3,(H,33,40)(H,34,42)(H,35,41)(H,36,39)/t26-,32?/m1/s1. The van der Waals surface area contributed by atoms with Crippen molar-refractivity contribution in [2.24, 2.45) is 0 Å². The molecular formula is C32H41N5O6. The van der Waals surface area contributed by atoms with E-state index in [9.17, 15) is 24.3 Å². The van der Waals surface area contributed by atoms with Crippen LogP contribution >= 0.6 is 0 Å². The molecule has 2 aliphatic rings. The number of hydrogen-bond acceptors (Lipinski definition) is 7. The molecule has 230 valence electrons. The molecule has 1 spiro atoms. The van der Waals surface area contributed by atoms with Gasteiger partial charge in [-0.1, -0.05) is 24.8 Å². The number of ether oxygens (including phenoxy) is 1. The number of benzene rings is 2. The minimum absolute atomic E-state index is 0.0904. The fraction of sp³-hybridized carbons (Fsp3) is 0.438. The van der Waals surface area contributed by atoms with Crippen LogP contribution in [0.4, 0.5) is 4.79 Å². The van der Waals surface area contributed by atoms with Gasteiger partial charge in [0.1, 0.15) is 22.9 Å². The molecule has 1 aliphatic carbocycles. The lowest BCUT2D eigenvalue weighted by Crippen LogP contribution is -2.50. The summed E-state index contributed by atoms with van der Waals surface area (Å²) in [7, 11) is 0. The lowest BCUT2D eigenvalue weighted by atomic mass is 9.77. The third kappa shape index (κ3) is 8.50. The van der Waals surface area contributed by atoms with Crippen molar-refractivity contribution >= 4 is 23.8 Å². The van der Waals surface area contributed by atoms with Crippen LogP contribution in [0.15, 0.2) is 54.9 Å². The first-order valence-electron chi connectivity index (χ1n) is 14.6. The molecule has 1 unspecified atom stereocenters. The molecule has 1 saturated heterocycles.